The van der Waals surface area contributed by atoms with Crippen molar-refractivity contribution < 1.29 is 0 Å². The number of anilines is 1. The molecule has 0 bridgehead atoms. The zero-order valence-electron chi connectivity index (χ0n) is 15.8. The molecule has 0 atom stereocenters. The summed E-state index contributed by atoms with van der Waals surface area (Å²) in [6, 6.07) is 18.3. The van der Waals surface area contributed by atoms with Crippen LogP contribution >= 0.6 is 11.3 Å². The van der Waals surface area contributed by atoms with Crippen LogP contribution in [-0.2, 0) is 13.0 Å². The van der Waals surface area contributed by atoms with Crippen molar-refractivity contribution in [1.29, 1.82) is 0 Å². The van der Waals surface area contributed by atoms with Crippen molar-refractivity contribution in [3.8, 4) is 11.3 Å². The van der Waals surface area contributed by atoms with Crippen molar-refractivity contribution in [3.05, 3.63) is 87.2 Å². The number of nitrogens with zero attached hydrogens (tertiary/aromatic N) is 3. The van der Waals surface area contributed by atoms with Gasteiger partial charge >= 0.3 is 0 Å². The van der Waals surface area contributed by atoms with E-state index in [1.807, 2.05) is 35.7 Å². The first-order chi connectivity index (χ1) is 13.7. The minimum absolute atomic E-state index is 0.0127. The van der Waals surface area contributed by atoms with E-state index in [4.69, 9.17) is 4.98 Å². The Bertz CT molecular complexity index is 1210. The van der Waals surface area contributed by atoms with E-state index in [0.29, 0.717) is 6.54 Å². The maximum atomic E-state index is 12.9. The van der Waals surface area contributed by atoms with Crippen molar-refractivity contribution in [2.75, 3.05) is 11.4 Å². The fourth-order valence-corrected chi connectivity index (χ4v) is 4.94. The topological polar surface area (TPSA) is 37.6 Å². The predicted octanol–water partition coefficient (Wildman–Crippen LogP) is 4.68. The van der Waals surface area contributed by atoms with Gasteiger partial charge in [-0.05, 0) is 37.0 Å². The highest BCUT2D eigenvalue weighted by Crippen LogP contribution is 2.29. The summed E-state index contributed by atoms with van der Waals surface area (Å²) in [5.74, 6) is 0. The molecular formula is C23H21N3OS. The molecule has 2 aromatic heterocycles. The molecule has 0 unspecified atom stereocenters. The Hall–Kier alpha value is -2.92. The molecule has 0 saturated heterocycles. The lowest BCUT2D eigenvalue weighted by atomic mass is 9.99. The molecule has 0 saturated carbocycles. The van der Waals surface area contributed by atoms with Gasteiger partial charge in [0.25, 0.3) is 5.56 Å². The van der Waals surface area contributed by atoms with Gasteiger partial charge in [-0.15, -0.1) is 11.3 Å². The number of aromatic nitrogens is 2. The van der Waals surface area contributed by atoms with E-state index in [1.54, 1.807) is 10.5 Å². The largest absolute Gasteiger partial charge is 0.365 e. The lowest BCUT2D eigenvalue weighted by Crippen LogP contribution is -2.30. The van der Waals surface area contributed by atoms with Crippen LogP contribution in [0.15, 0.2) is 64.8 Å². The maximum Gasteiger partial charge on any atom is 0.259 e. The molecule has 0 N–H and O–H groups in total. The monoisotopic (exact) mass is 387 g/mol. The van der Waals surface area contributed by atoms with Gasteiger partial charge in [0.15, 0.2) is 4.96 Å². The molecule has 0 radical (unpaired) electrons. The number of rotatable bonds is 3. The van der Waals surface area contributed by atoms with Gasteiger partial charge in [0.1, 0.15) is 0 Å². The van der Waals surface area contributed by atoms with Gasteiger partial charge in [0.2, 0.25) is 0 Å². The highest BCUT2D eigenvalue weighted by molar-refractivity contribution is 7.15. The summed E-state index contributed by atoms with van der Waals surface area (Å²) in [4.78, 5) is 20.8. The number of thiazole rings is 1. The standard InChI is InChI=1S/C23H21N3OS/c1-16-9-10-20-18(12-16)8-5-11-25(20)14-19-13-22(27)26-21(15-28-23(26)24-19)17-6-3-2-4-7-17/h2-4,6-7,9-10,12-13,15H,5,8,11,14H2,1H3. The minimum atomic E-state index is -0.0127. The summed E-state index contributed by atoms with van der Waals surface area (Å²) >= 11 is 1.52. The third-order valence-electron chi connectivity index (χ3n) is 5.33. The lowest BCUT2D eigenvalue weighted by Gasteiger charge is -2.31. The summed E-state index contributed by atoms with van der Waals surface area (Å²) in [7, 11) is 0. The first kappa shape index (κ1) is 17.2. The van der Waals surface area contributed by atoms with E-state index in [0.717, 1.165) is 41.3 Å². The highest BCUT2D eigenvalue weighted by atomic mass is 32.1. The summed E-state index contributed by atoms with van der Waals surface area (Å²) in [5.41, 5.74) is 6.72. The molecule has 4 nitrogen and oxygen atoms in total. The van der Waals surface area contributed by atoms with Crippen LogP contribution in [-0.4, -0.2) is 15.9 Å². The lowest BCUT2D eigenvalue weighted by molar-refractivity contribution is 0.683. The van der Waals surface area contributed by atoms with Gasteiger partial charge in [-0.1, -0.05) is 48.0 Å². The Morgan fingerprint density at radius 3 is 2.82 bits per heavy atom. The van der Waals surface area contributed by atoms with E-state index in [2.05, 4.69) is 30.0 Å². The first-order valence-electron chi connectivity index (χ1n) is 9.59. The molecule has 0 aliphatic carbocycles. The van der Waals surface area contributed by atoms with Crippen LogP contribution in [0.5, 0.6) is 0 Å². The van der Waals surface area contributed by atoms with E-state index in [-0.39, 0.29) is 5.56 Å². The SMILES string of the molecule is Cc1ccc2c(c1)CCCN2Cc1cc(=O)n2c(-c3ccccc3)csc2n1. The quantitative estimate of drug-likeness (QED) is 0.512. The van der Waals surface area contributed by atoms with Gasteiger partial charge < -0.3 is 4.90 Å². The second kappa shape index (κ2) is 6.91. The fraction of sp³-hybridized carbons (Fsp3) is 0.217. The second-order valence-electron chi connectivity index (χ2n) is 7.35. The summed E-state index contributed by atoms with van der Waals surface area (Å²) in [5, 5.41) is 2.02. The van der Waals surface area contributed by atoms with Gasteiger partial charge in [-0.2, -0.15) is 0 Å². The Morgan fingerprint density at radius 2 is 1.96 bits per heavy atom. The molecule has 140 valence electrons. The molecule has 28 heavy (non-hydrogen) atoms. The summed E-state index contributed by atoms with van der Waals surface area (Å²) in [6.07, 6.45) is 2.25. The Kier molecular flexibility index (Phi) is 4.24. The van der Waals surface area contributed by atoms with Crippen molar-refractivity contribution in [1.82, 2.24) is 9.38 Å². The minimum Gasteiger partial charge on any atom is -0.365 e. The Morgan fingerprint density at radius 1 is 1.11 bits per heavy atom. The number of hydrogen-bond donors (Lipinski definition) is 0. The fourth-order valence-electron chi connectivity index (χ4n) is 4.02. The van der Waals surface area contributed by atoms with Crippen molar-refractivity contribution in [3.63, 3.8) is 0 Å². The van der Waals surface area contributed by atoms with E-state index < -0.39 is 0 Å². The van der Waals surface area contributed by atoms with Crippen LogP contribution in [0.25, 0.3) is 16.2 Å². The van der Waals surface area contributed by atoms with E-state index in [9.17, 15) is 4.79 Å². The number of benzene rings is 2. The Labute approximate surface area is 167 Å². The third-order valence-corrected chi connectivity index (χ3v) is 6.16. The summed E-state index contributed by atoms with van der Waals surface area (Å²) < 4.78 is 1.72. The smallest absolute Gasteiger partial charge is 0.259 e. The van der Waals surface area contributed by atoms with Crippen LogP contribution in [0.2, 0.25) is 0 Å². The zero-order valence-corrected chi connectivity index (χ0v) is 16.6. The molecule has 5 heteroatoms. The zero-order chi connectivity index (χ0) is 19.1. The van der Waals surface area contributed by atoms with Crippen molar-refractivity contribution in [2.24, 2.45) is 0 Å². The van der Waals surface area contributed by atoms with Gasteiger partial charge in [-0.3, -0.25) is 9.20 Å². The molecule has 3 heterocycles. The van der Waals surface area contributed by atoms with Gasteiger partial charge in [0, 0.05) is 23.7 Å². The van der Waals surface area contributed by atoms with Crippen LogP contribution in [0.1, 0.15) is 23.2 Å². The summed E-state index contributed by atoms with van der Waals surface area (Å²) in [6.45, 7) is 3.80. The average Bonchev–Trinajstić information content (AvgIpc) is 3.13. The van der Waals surface area contributed by atoms with Crippen molar-refractivity contribution >= 4 is 22.0 Å². The molecule has 2 aromatic carbocycles. The Balaban J connectivity index is 1.51. The molecular weight excluding hydrogens is 366 g/mol. The molecule has 1 aliphatic heterocycles. The van der Waals surface area contributed by atoms with Gasteiger partial charge in [0.05, 0.1) is 17.9 Å². The number of hydrogen-bond acceptors (Lipinski definition) is 4. The molecule has 0 spiro atoms. The first-order valence-corrected chi connectivity index (χ1v) is 10.5. The normalized spacial score (nSPS) is 13.7. The van der Waals surface area contributed by atoms with Crippen LogP contribution in [0.4, 0.5) is 5.69 Å². The molecule has 5 rings (SSSR count). The van der Waals surface area contributed by atoms with Gasteiger partial charge in [-0.25, -0.2) is 4.98 Å². The van der Waals surface area contributed by atoms with Crippen LogP contribution in [0, 0.1) is 6.92 Å². The molecule has 4 aromatic rings. The van der Waals surface area contributed by atoms with Crippen LogP contribution in [0.3, 0.4) is 0 Å². The highest BCUT2D eigenvalue weighted by Gasteiger charge is 2.18. The molecule has 1 aliphatic rings. The van der Waals surface area contributed by atoms with Crippen LogP contribution < -0.4 is 10.5 Å². The number of aryl methyl sites for hydroxylation is 2. The second-order valence-corrected chi connectivity index (χ2v) is 8.18. The number of fused-ring (bicyclic) bond motifs is 2. The van der Waals surface area contributed by atoms with E-state index >= 15 is 0 Å². The maximum absolute atomic E-state index is 12.9. The third kappa shape index (κ3) is 3.02. The predicted molar refractivity (Wildman–Crippen MR) is 115 cm³/mol. The van der Waals surface area contributed by atoms with E-state index in [1.165, 1.54) is 28.2 Å². The molecule has 0 amide bonds. The van der Waals surface area contributed by atoms with Crippen molar-refractivity contribution in [2.45, 2.75) is 26.3 Å². The average molecular weight is 388 g/mol. The molecule has 0 fully saturated rings.